The number of carbonyl (C=O) groups is 1. The van der Waals surface area contributed by atoms with Crippen molar-refractivity contribution in [2.24, 2.45) is 0 Å². The molecule has 152 valence electrons. The lowest BCUT2D eigenvalue weighted by molar-refractivity contribution is 0.0809. The van der Waals surface area contributed by atoms with E-state index in [1.165, 1.54) is 0 Å². The third kappa shape index (κ3) is 3.39. The van der Waals surface area contributed by atoms with Crippen LogP contribution in [0.25, 0.3) is 6.08 Å². The number of rotatable bonds is 3. The van der Waals surface area contributed by atoms with E-state index < -0.39 is 0 Å². The number of allylic oxidation sites excluding steroid dienone is 1. The fraction of sp³-hybridized carbons (Fsp3) is 0.174. The van der Waals surface area contributed by atoms with Gasteiger partial charge in [0.05, 0.1) is 23.9 Å². The number of aryl methyl sites for hydroxylation is 1. The molecule has 5 nitrogen and oxygen atoms in total. The maximum Gasteiger partial charge on any atom is 0.232 e. The van der Waals surface area contributed by atoms with Crippen LogP contribution in [0.1, 0.15) is 32.8 Å². The fourth-order valence-corrected chi connectivity index (χ4v) is 4.22. The average Bonchev–Trinajstić information content (AvgIpc) is 3.33. The van der Waals surface area contributed by atoms with Crippen LogP contribution in [-0.4, -0.2) is 17.4 Å². The number of hydrogen-bond donors (Lipinski definition) is 0. The summed E-state index contributed by atoms with van der Waals surface area (Å²) >= 11 is 12.2. The SMILES string of the molecule is Cc1cc2c(c3c1C(=O)/C(=C/c1ccc(Cl)cc1Cl)O3)CN(Cc1ccco1)CO2. The van der Waals surface area contributed by atoms with Gasteiger partial charge in [-0.3, -0.25) is 9.69 Å². The maximum atomic E-state index is 13.1. The molecule has 0 spiro atoms. The van der Waals surface area contributed by atoms with Gasteiger partial charge in [0.15, 0.2) is 5.76 Å². The molecular weight excluding hydrogens is 425 g/mol. The van der Waals surface area contributed by atoms with E-state index in [-0.39, 0.29) is 11.5 Å². The van der Waals surface area contributed by atoms with Gasteiger partial charge in [-0.25, -0.2) is 0 Å². The van der Waals surface area contributed by atoms with Crippen molar-refractivity contribution >= 4 is 35.1 Å². The van der Waals surface area contributed by atoms with Crippen LogP contribution >= 0.6 is 23.2 Å². The highest BCUT2D eigenvalue weighted by atomic mass is 35.5. The van der Waals surface area contributed by atoms with Crippen molar-refractivity contribution in [3.05, 3.63) is 86.5 Å². The molecule has 0 fully saturated rings. The second kappa shape index (κ2) is 7.51. The number of halogens is 2. The van der Waals surface area contributed by atoms with E-state index in [1.807, 2.05) is 25.1 Å². The standard InChI is InChI=1S/C23H17Cl2NO4/c1-13-7-19-17(11-26(12-29-19)10-16-3-2-6-28-16)23-21(13)22(27)20(30-23)8-14-4-5-15(24)9-18(14)25/h2-9H,10-12H2,1H3/b20-8-. The molecule has 3 heterocycles. The Hall–Kier alpha value is -2.73. The molecule has 0 bridgehead atoms. The van der Waals surface area contributed by atoms with Crippen molar-refractivity contribution in [1.82, 2.24) is 4.90 Å². The number of hydrogen-bond acceptors (Lipinski definition) is 5. The molecule has 0 saturated carbocycles. The molecule has 7 heteroatoms. The molecule has 0 radical (unpaired) electrons. The van der Waals surface area contributed by atoms with Crippen LogP contribution < -0.4 is 9.47 Å². The van der Waals surface area contributed by atoms with Crippen molar-refractivity contribution in [2.75, 3.05) is 6.73 Å². The number of ketones is 1. The Balaban J connectivity index is 1.50. The van der Waals surface area contributed by atoms with Crippen LogP contribution in [0.3, 0.4) is 0 Å². The molecule has 2 aromatic carbocycles. The van der Waals surface area contributed by atoms with Crippen molar-refractivity contribution < 1.29 is 18.7 Å². The van der Waals surface area contributed by atoms with Gasteiger partial charge in [-0.2, -0.15) is 0 Å². The number of fused-ring (bicyclic) bond motifs is 3. The zero-order valence-corrected chi connectivity index (χ0v) is 17.6. The molecule has 0 aliphatic carbocycles. The topological polar surface area (TPSA) is 51.9 Å². The van der Waals surface area contributed by atoms with Crippen molar-refractivity contribution in [1.29, 1.82) is 0 Å². The maximum absolute atomic E-state index is 13.1. The summed E-state index contributed by atoms with van der Waals surface area (Å²) in [6.45, 7) is 3.51. The van der Waals surface area contributed by atoms with Crippen LogP contribution in [0.15, 0.2) is 52.8 Å². The molecule has 1 aromatic heterocycles. The Morgan fingerprint density at radius 1 is 1.20 bits per heavy atom. The third-order valence-electron chi connectivity index (χ3n) is 5.20. The summed E-state index contributed by atoms with van der Waals surface area (Å²) in [5, 5.41) is 0.983. The predicted molar refractivity (Wildman–Crippen MR) is 114 cm³/mol. The monoisotopic (exact) mass is 441 g/mol. The molecule has 0 N–H and O–H groups in total. The highest BCUT2D eigenvalue weighted by Crippen LogP contribution is 2.44. The highest BCUT2D eigenvalue weighted by molar-refractivity contribution is 6.35. The Morgan fingerprint density at radius 2 is 2.07 bits per heavy atom. The Kier molecular flexibility index (Phi) is 4.82. The smallest absolute Gasteiger partial charge is 0.232 e. The molecule has 2 aliphatic heterocycles. The van der Waals surface area contributed by atoms with E-state index in [9.17, 15) is 4.79 Å². The van der Waals surface area contributed by atoms with Gasteiger partial charge in [-0.1, -0.05) is 29.3 Å². The molecule has 0 atom stereocenters. The van der Waals surface area contributed by atoms with Gasteiger partial charge in [0, 0.05) is 16.6 Å². The van der Waals surface area contributed by atoms with E-state index in [1.54, 1.807) is 30.5 Å². The first-order chi connectivity index (χ1) is 14.5. The van der Waals surface area contributed by atoms with Gasteiger partial charge in [-0.15, -0.1) is 0 Å². The third-order valence-corrected chi connectivity index (χ3v) is 5.76. The summed E-state index contributed by atoms with van der Waals surface area (Å²) in [4.78, 5) is 15.2. The predicted octanol–water partition coefficient (Wildman–Crippen LogP) is 5.86. The van der Waals surface area contributed by atoms with Crippen molar-refractivity contribution in [2.45, 2.75) is 20.0 Å². The van der Waals surface area contributed by atoms with Crippen LogP contribution in [0.2, 0.25) is 10.0 Å². The number of Topliss-reactive ketones (excluding diaryl/α,β-unsaturated/α-hetero) is 1. The van der Waals surface area contributed by atoms with Gasteiger partial charge in [0.25, 0.3) is 0 Å². The van der Waals surface area contributed by atoms with Crippen LogP contribution in [0, 0.1) is 6.92 Å². The van der Waals surface area contributed by atoms with Crippen molar-refractivity contribution in [3.63, 3.8) is 0 Å². The number of furan rings is 1. The van der Waals surface area contributed by atoms with Crippen LogP contribution in [-0.2, 0) is 13.1 Å². The molecule has 3 aromatic rings. The number of nitrogens with zero attached hydrogens (tertiary/aromatic N) is 1. The lowest BCUT2D eigenvalue weighted by Crippen LogP contribution is -2.31. The van der Waals surface area contributed by atoms with Gasteiger partial charge >= 0.3 is 0 Å². The van der Waals surface area contributed by atoms with E-state index in [0.717, 1.165) is 22.6 Å². The number of carbonyl (C=O) groups excluding carboxylic acids is 1. The molecule has 0 amide bonds. The quantitative estimate of drug-likeness (QED) is 0.476. The zero-order valence-electron chi connectivity index (χ0n) is 16.1. The first kappa shape index (κ1) is 19.2. The molecule has 5 rings (SSSR count). The summed E-state index contributed by atoms with van der Waals surface area (Å²) in [5.41, 5.74) is 2.90. The number of ether oxygens (including phenoxy) is 2. The van der Waals surface area contributed by atoms with Crippen LogP contribution in [0.5, 0.6) is 11.5 Å². The minimum atomic E-state index is -0.167. The first-order valence-electron chi connectivity index (χ1n) is 9.43. The Morgan fingerprint density at radius 3 is 2.83 bits per heavy atom. The summed E-state index contributed by atoms with van der Waals surface area (Å²) in [5.74, 6) is 2.20. The molecular formula is C23H17Cl2NO4. The fourth-order valence-electron chi connectivity index (χ4n) is 3.76. The minimum absolute atomic E-state index is 0.167. The normalized spacial score (nSPS) is 16.9. The second-order valence-electron chi connectivity index (χ2n) is 7.32. The van der Waals surface area contributed by atoms with E-state index in [2.05, 4.69) is 4.90 Å². The largest absolute Gasteiger partial charge is 0.478 e. The molecule has 30 heavy (non-hydrogen) atoms. The van der Waals surface area contributed by atoms with Gasteiger partial charge < -0.3 is 13.9 Å². The van der Waals surface area contributed by atoms with E-state index >= 15 is 0 Å². The number of benzene rings is 2. The summed E-state index contributed by atoms with van der Waals surface area (Å²) < 4.78 is 17.5. The summed E-state index contributed by atoms with van der Waals surface area (Å²) in [7, 11) is 0. The average molecular weight is 442 g/mol. The summed E-state index contributed by atoms with van der Waals surface area (Å²) in [6.07, 6.45) is 3.30. The van der Waals surface area contributed by atoms with E-state index in [4.69, 9.17) is 37.1 Å². The minimum Gasteiger partial charge on any atom is -0.478 e. The first-order valence-corrected chi connectivity index (χ1v) is 10.2. The Labute approximate surface area is 183 Å². The highest BCUT2D eigenvalue weighted by Gasteiger charge is 2.35. The lowest BCUT2D eigenvalue weighted by Gasteiger charge is -2.29. The molecule has 0 saturated heterocycles. The van der Waals surface area contributed by atoms with Gasteiger partial charge in [0.1, 0.15) is 24.0 Å². The lowest BCUT2D eigenvalue weighted by atomic mass is 9.98. The van der Waals surface area contributed by atoms with Gasteiger partial charge in [0.2, 0.25) is 5.78 Å². The van der Waals surface area contributed by atoms with Crippen LogP contribution in [0.4, 0.5) is 0 Å². The van der Waals surface area contributed by atoms with E-state index in [0.29, 0.717) is 46.7 Å². The summed E-state index contributed by atoms with van der Waals surface area (Å²) in [6, 6.07) is 10.8. The zero-order chi connectivity index (χ0) is 20.8. The molecule has 2 aliphatic rings. The van der Waals surface area contributed by atoms with Gasteiger partial charge in [-0.05, 0) is 54.5 Å². The van der Waals surface area contributed by atoms with Crippen molar-refractivity contribution in [3.8, 4) is 11.5 Å². The Bertz CT molecular complexity index is 1180. The molecule has 0 unspecified atom stereocenters. The second-order valence-corrected chi connectivity index (χ2v) is 8.16.